The van der Waals surface area contributed by atoms with Crippen LogP contribution in [0.25, 0.3) is 15.9 Å². The molecule has 3 heterocycles. The van der Waals surface area contributed by atoms with E-state index in [0.29, 0.717) is 5.92 Å². The van der Waals surface area contributed by atoms with Crippen molar-refractivity contribution in [2.24, 2.45) is 5.10 Å². The van der Waals surface area contributed by atoms with Gasteiger partial charge in [0.1, 0.15) is 11.2 Å². The van der Waals surface area contributed by atoms with Crippen molar-refractivity contribution in [3.63, 3.8) is 0 Å². The van der Waals surface area contributed by atoms with E-state index in [4.69, 9.17) is 0 Å². The number of nitrogens with zero attached hydrogens (tertiary/aromatic N) is 5. The van der Waals surface area contributed by atoms with E-state index in [1.54, 1.807) is 17.7 Å². The molecule has 152 valence electrons. The summed E-state index contributed by atoms with van der Waals surface area (Å²) in [5, 5.41) is 10.3. The predicted molar refractivity (Wildman–Crippen MR) is 123 cm³/mol. The van der Waals surface area contributed by atoms with Crippen LogP contribution in [-0.2, 0) is 6.42 Å². The fourth-order valence-corrected chi connectivity index (χ4v) is 5.55. The minimum atomic E-state index is 0.596. The van der Waals surface area contributed by atoms with Crippen LogP contribution in [0.3, 0.4) is 0 Å². The van der Waals surface area contributed by atoms with Gasteiger partial charge in [0.25, 0.3) is 0 Å². The molecule has 30 heavy (non-hydrogen) atoms. The Morgan fingerprint density at radius 3 is 2.87 bits per heavy atom. The van der Waals surface area contributed by atoms with Gasteiger partial charge in [-0.15, -0.1) is 11.3 Å². The largest absolute Gasteiger partial charge is 0.261 e. The predicted octanol–water partition coefficient (Wildman–Crippen LogP) is 5.38. The second-order valence-electron chi connectivity index (χ2n) is 7.84. The Labute approximate surface area is 179 Å². The molecule has 0 spiro atoms. The van der Waals surface area contributed by atoms with Crippen LogP contribution in [-0.4, -0.2) is 26.0 Å². The van der Waals surface area contributed by atoms with Crippen LogP contribution in [0.4, 0.5) is 5.82 Å². The molecule has 0 aliphatic heterocycles. The van der Waals surface area contributed by atoms with E-state index in [9.17, 15) is 0 Å². The van der Waals surface area contributed by atoms with E-state index in [1.165, 1.54) is 23.3 Å². The second kappa shape index (κ2) is 7.65. The first-order valence-electron chi connectivity index (χ1n) is 10.3. The minimum Gasteiger partial charge on any atom is -0.261 e. The molecule has 1 aliphatic carbocycles. The summed E-state index contributed by atoms with van der Waals surface area (Å²) in [5.41, 5.74) is 8.63. The highest BCUT2D eigenvalue weighted by Gasteiger charge is 2.24. The standard InChI is InChI=1S/C23H24N6S/c1-14-8-7-11-18-20-22(24-13-25-23(20)30-21(14)18)27-26-12-19-15(2)28-29(16(19)3)17-9-5-4-6-10-17/h4-6,9-10,12-14H,7-8,11H2,1-3H3,(H,24,25,27)/b26-12+. The number of para-hydroxylation sites is 1. The molecule has 1 aliphatic rings. The zero-order valence-electron chi connectivity index (χ0n) is 17.4. The van der Waals surface area contributed by atoms with Gasteiger partial charge in [-0.2, -0.15) is 10.2 Å². The summed E-state index contributed by atoms with van der Waals surface area (Å²) in [5.74, 6) is 1.38. The van der Waals surface area contributed by atoms with Gasteiger partial charge < -0.3 is 0 Å². The number of anilines is 1. The highest BCUT2D eigenvalue weighted by Crippen LogP contribution is 2.43. The van der Waals surface area contributed by atoms with Crippen LogP contribution >= 0.6 is 11.3 Å². The average molecular weight is 417 g/mol. The van der Waals surface area contributed by atoms with Gasteiger partial charge in [0.15, 0.2) is 5.82 Å². The van der Waals surface area contributed by atoms with Crippen molar-refractivity contribution in [3.05, 3.63) is 64.1 Å². The van der Waals surface area contributed by atoms with Crippen molar-refractivity contribution in [2.75, 3.05) is 5.43 Å². The SMILES string of the molecule is Cc1nn(-c2ccccc2)c(C)c1/C=N/Nc1ncnc2sc3c(c12)CCCC3C. The van der Waals surface area contributed by atoms with Crippen molar-refractivity contribution in [3.8, 4) is 5.69 Å². The molecule has 0 radical (unpaired) electrons. The molecule has 0 saturated carbocycles. The summed E-state index contributed by atoms with van der Waals surface area (Å²) in [6, 6.07) is 10.1. The molecule has 0 fully saturated rings. The number of rotatable bonds is 4. The number of fused-ring (bicyclic) bond motifs is 3. The van der Waals surface area contributed by atoms with E-state index in [-0.39, 0.29) is 0 Å². The van der Waals surface area contributed by atoms with Crippen molar-refractivity contribution in [1.82, 2.24) is 19.7 Å². The lowest BCUT2D eigenvalue weighted by Gasteiger charge is -2.18. The molecule has 5 rings (SSSR count). The highest BCUT2D eigenvalue weighted by molar-refractivity contribution is 7.19. The highest BCUT2D eigenvalue weighted by atomic mass is 32.1. The second-order valence-corrected chi connectivity index (χ2v) is 8.87. The monoisotopic (exact) mass is 416 g/mol. The lowest BCUT2D eigenvalue weighted by molar-refractivity contribution is 0.604. The van der Waals surface area contributed by atoms with Crippen LogP contribution < -0.4 is 5.43 Å². The number of benzene rings is 1. The van der Waals surface area contributed by atoms with Crippen LogP contribution in [0.15, 0.2) is 41.8 Å². The summed E-state index contributed by atoms with van der Waals surface area (Å²) in [4.78, 5) is 11.5. The fourth-order valence-electron chi connectivity index (χ4n) is 4.28. The van der Waals surface area contributed by atoms with Gasteiger partial charge in [0.05, 0.1) is 28.7 Å². The van der Waals surface area contributed by atoms with Gasteiger partial charge >= 0.3 is 0 Å². The van der Waals surface area contributed by atoms with E-state index in [0.717, 1.165) is 45.1 Å². The van der Waals surface area contributed by atoms with Gasteiger partial charge in [-0.25, -0.2) is 14.6 Å². The Morgan fingerprint density at radius 1 is 1.20 bits per heavy atom. The summed E-state index contributed by atoms with van der Waals surface area (Å²) < 4.78 is 1.95. The first-order valence-corrected chi connectivity index (χ1v) is 11.1. The Balaban J connectivity index is 1.46. The molecule has 6 nitrogen and oxygen atoms in total. The van der Waals surface area contributed by atoms with E-state index < -0.39 is 0 Å². The molecule has 7 heteroatoms. The maximum atomic E-state index is 4.69. The number of aryl methyl sites for hydroxylation is 2. The molecule has 0 saturated heterocycles. The van der Waals surface area contributed by atoms with Crippen molar-refractivity contribution in [1.29, 1.82) is 0 Å². The van der Waals surface area contributed by atoms with Crippen LogP contribution in [0.2, 0.25) is 0 Å². The normalized spacial score (nSPS) is 16.3. The maximum Gasteiger partial charge on any atom is 0.158 e. The van der Waals surface area contributed by atoms with Gasteiger partial charge in [0, 0.05) is 10.4 Å². The molecular formula is C23H24N6S. The Hall–Kier alpha value is -3.06. The molecular weight excluding hydrogens is 392 g/mol. The molecule has 1 atom stereocenters. The van der Waals surface area contributed by atoms with Crippen molar-refractivity contribution < 1.29 is 0 Å². The van der Waals surface area contributed by atoms with Gasteiger partial charge in [-0.1, -0.05) is 25.1 Å². The van der Waals surface area contributed by atoms with Crippen LogP contribution in [0, 0.1) is 13.8 Å². The number of hydrogen-bond acceptors (Lipinski definition) is 6. The minimum absolute atomic E-state index is 0.596. The summed E-state index contributed by atoms with van der Waals surface area (Å²) in [6.45, 7) is 6.38. The van der Waals surface area contributed by atoms with E-state index in [2.05, 4.69) is 51.6 Å². The van der Waals surface area contributed by atoms with Crippen LogP contribution in [0.5, 0.6) is 0 Å². The van der Waals surface area contributed by atoms with Gasteiger partial charge in [0.2, 0.25) is 0 Å². The van der Waals surface area contributed by atoms with Crippen LogP contribution in [0.1, 0.15) is 53.1 Å². The first-order chi connectivity index (χ1) is 14.6. The number of aromatic nitrogens is 4. The smallest absolute Gasteiger partial charge is 0.158 e. The van der Waals surface area contributed by atoms with Gasteiger partial charge in [-0.05, 0) is 56.7 Å². The number of thiophene rings is 1. The van der Waals surface area contributed by atoms with Crippen molar-refractivity contribution in [2.45, 2.75) is 46.0 Å². The molecule has 1 aromatic carbocycles. The lowest BCUT2D eigenvalue weighted by Crippen LogP contribution is -2.04. The molecule has 4 aromatic rings. The number of nitrogens with one attached hydrogen (secondary N) is 1. The zero-order valence-corrected chi connectivity index (χ0v) is 18.2. The Morgan fingerprint density at radius 2 is 2.03 bits per heavy atom. The lowest BCUT2D eigenvalue weighted by atomic mass is 9.89. The molecule has 0 bridgehead atoms. The summed E-state index contributed by atoms with van der Waals surface area (Å²) in [7, 11) is 0. The van der Waals surface area contributed by atoms with Crippen molar-refractivity contribution >= 4 is 33.6 Å². The summed E-state index contributed by atoms with van der Waals surface area (Å²) in [6.07, 6.45) is 7.02. The molecule has 1 unspecified atom stereocenters. The first kappa shape index (κ1) is 18.9. The number of hydrazone groups is 1. The van der Waals surface area contributed by atoms with E-state index in [1.807, 2.05) is 36.0 Å². The quantitative estimate of drug-likeness (QED) is 0.358. The van der Waals surface area contributed by atoms with E-state index >= 15 is 0 Å². The Kier molecular flexibility index (Phi) is 4.83. The summed E-state index contributed by atoms with van der Waals surface area (Å²) >= 11 is 1.80. The topological polar surface area (TPSA) is 68.0 Å². The molecule has 0 amide bonds. The number of hydrogen-bond donors (Lipinski definition) is 1. The molecule has 1 N–H and O–H groups in total. The third kappa shape index (κ3) is 3.19. The third-order valence-electron chi connectivity index (χ3n) is 5.84. The fraction of sp³-hybridized carbons (Fsp3) is 0.304. The molecule has 3 aromatic heterocycles. The Bertz CT molecular complexity index is 1240. The average Bonchev–Trinajstić information content (AvgIpc) is 3.28. The third-order valence-corrected chi connectivity index (χ3v) is 7.21. The maximum absolute atomic E-state index is 4.69. The zero-order chi connectivity index (χ0) is 20.7. The van der Waals surface area contributed by atoms with Gasteiger partial charge in [-0.3, -0.25) is 5.43 Å².